The van der Waals surface area contributed by atoms with Crippen molar-refractivity contribution in [3.8, 4) is 5.69 Å². The van der Waals surface area contributed by atoms with Crippen LogP contribution in [0.4, 0.5) is 5.69 Å². The quantitative estimate of drug-likeness (QED) is 0.838. The van der Waals surface area contributed by atoms with Crippen LogP contribution in [0.2, 0.25) is 5.02 Å². The van der Waals surface area contributed by atoms with E-state index in [0.717, 1.165) is 11.4 Å². The van der Waals surface area contributed by atoms with Gasteiger partial charge in [0.15, 0.2) is 0 Å². The molecule has 0 atom stereocenters. The second-order valence-corrected chi connectivity index (χ2v) is 6.76. The third kappa shape index (κ3) is 3.80. The Morgan fingerprint density at radius 3 is 2.54 bits per heavy atom. The minimum absolute atomic E-state index is 0.0329. The summed E-state index contributed by atoms with van der Waals surface area (Å²) in [4.78, 5) is 25.9. The van der Waals surface area contributed by atoms with E-state index in [0.29, 0.717) is 36.6 Å². The normalized spacial score (nSPS) is 14.9. The highest BCUT2D eigenvalue weighted by Gasteiger charge is 2.27. The summed E-state index contributed by atoms with van der Waals surface area (Å²) >= 11 is 5.92. The molecule has 1 aromatic heterocycles. The van der Waals surface area contributed by atoms with Crippen molar-refractivity contribution in [3.63, 3.8) is 0 Å². The molecule has 1 aliphatic heterocycles. The molecule has 26 heavy (non-hydrogen) atoms. The largest absolute Gasteiger partial charge is 0.339 e. The van der Waals surface area contributed by atoms with Crippen LogP contribution in [0.15, 0.2) is 43.1 Å². The number of nitrogens with zero attached hydrogens (tertiary/aromatic N) is 3. The monoisotopic (exact) mass is 372 g/mol. The number of anilines is 1. The molecular weight excluding hydrogens is 352 g/mol. The predicted molar refractivity (Wildman–Crippen MR) is 101 cm³/mol. The van der Waals surface area contributed by atoms with Crippen molar-refractivity contribution < 1.29 is 9.59 Å². The molecule has 0 radical (unpaired) electrons. The van der Waals surface area contributed by atoms with Crippen molar-refractivity contribution in [2.45, 2.75) is 19.8 Å². The molecule has 7 heteroatoms. The van der Waals surface area contributed by atoms with E-state index in [9.17, 15) is 9.59 Å². The second kappa shape index (κ2) is 7.74. The number of carbonyl (C=O) groups excluding carboxylic acids is 2. The number of aromatic nitrogens is 2. The topological polar surface area (TPSA) is 67.2 Å². The van der Waals surface area contributed by atoms with Crippen LogP contribution in [0.25, 0.3) is 5.69 Å². The van der Waals surface area contributed by atoms with E-state index < -0.39 is 0 Å². The average Bonchev–Trinajstić information content (AvgIpc) is 3.02. The first-order valence-corrected chi connectivity index (χ1v) is 8.90. The second-order valence-electron chi connectivity index (χ2n) is 6.32. The number of benzene rings is 1. The molecule has 3 rings (SSSR count). The van der Waals surface area contributed by atoms with Gasteiger partial charge < -0.3 is 10.2 Å². The van der Waals surface area contributed by atoms with Crippen LogP contribution in [0.3, 0.4) is 0 Å². The highest BCUT2D eigenvalue weighted by molar-refractivity contribution is 6.30. The van der Waals surface area contributed by atoms with Gasteiger partial charge in [0.05, 0.1) is 23.3 Å². The number of rotatable bonds is 4. The van der Waals surface area contributed by atoms with Gasteiger partial charge in [-0.05, 0) is 50.1 Å². The molecular formula is C19H21ClN4O2. The molecule has 1 saturated heterocycles. The van der Waals surface area contributed by atoms with E-state index >= 15 is 0 Å². The summed E-state index contributed by atoms with van der Waals surface area (Å²) in [5, 5.41) is 7.98. The fourth-order valence-electron chi connectivity index (χ4n) is 3.10. The van der Waals surface area contributed by atoms with Crippen molar-refractivity contribution in [1.82, 2.24) is 14.7 Å². The molecule has 0 saturated carbocycles. The van der Waals surface area contributed by atoms with Gasteiger partial charge in [-0.15, -0.1) is 0 Å². The van der Waals surface area contributed by atoms with Crippen LogP contribution in [-0.2, 0) is 9.59 Å². The fourth-order valence-corrected chi connectivity index (χ4v) is 3.23. The lowest BCUT2D eigenvalue weighted by Gasteiger charge is -2.30. The molecule has 0 unspecified atom stereocenters. The van der Waals surface area contributed by atoms with E-state index in [1.807, 2.05) is 19.1 Å². The van der Waals surface area contributed by atoms with E-state index in [1.165, 1.54) is 6.08 Å². The molecule has 1 fully saturated rings. The van der Waals surface area contributed by atoms with Crippen LogP contribution in [0.1, 0.15) is 18.5 Å². The van der Waals surface area contributed by atoms with Crippen LogP contribution in [0.5, 0.6) is 0 Å². The Hall–Kier alpha value is -2.60. The predicted octanol–water partition coefficient (Wildman–Crippen LogP) is 3.20. The Balaban J connectivity index is 1.65. The zero-order valence-electron chi connectivity index (χ0n) is 14.6. The minimum Gasteiger partial charge on any atom is -0.339 e. The van der Waals surface area contributed by atoms with E-state index in [2.05, 4.69) is 17.0 Å². The standard InChI is InChI=1S/C19H21ClN4O2/c1-3-18(25)23-10-8-14(9-11-23)19(26)22-17-12-21-24(13(17)2)16-6-4-15(20)5-7-16/h3-7,12,14H,1,8-11H2,2H3,(H,22,26). The van der Waals surface area contributed by atoms with Gasteiger partial charge in [-0.3, -0.25) is 9.59 Å². The Labute approximate surface area is 157 Å². The number of likely N-dealkylation sites (tertiary alicyclic amines) is 1. The Morgan fingerprint density at radius 2 is 1.92 bits per heavy atom. The molecule has 1 N–H and O–H groups in total. The maximum Gasteiger partial charge on any atom is 0.245 e. The summed E-state index contributed by atoms with van der Waals surface area (Å²) < 4.78 is 1.76. The lowest BCUT2D eigenvalue weighted by Crippen LogP contribution is -2.40. The molecule has 2 aromatic rings. The van der Waals surface area contributed by atoms with Crippen molar-refractivity contribution >= 4 is 29.1 Å². The highest BCUT2D eigenvalue weighted by atomic mass is 35.5. The maximum atomic E-state index is 12.6. The number of hydrogen-bond donors (Lipinski definition) is 1. The molecule has 1 aliphatic rings. The van der Waals surface area contributed by atoms with E-state index in [-0.39, 0.29) is 17.7 Å². The first-order valence-electron chi connectivity index (χ1n) is 8.52. The lowest BCUT2D eigenvalue weighted by atomic mass is 9.95. The zero-order chi connectivity index (χ0) is 18.7. The van der Waals surface area contributed by atoms with E-state index in [1.54, 1.807) is 27.9 Å². The molecule has 0 aliphatic carbocycles. The van der Waals surface area contributed by atoms with Crippen molar-refractivity contribution in [2.75, 3.05) is 18.4 Å². The number of amides is 2. The summed E-state index contributed by atoms with van der Waals surface area (Å²) in [5.41, 5.74) is 2.41. The third-order valence-electron chi connectivity index (χ3n) is 4.69. The van der Waals surface area contributed by atoms with Crippen LogP contribution >= 0.6 is 11.6 Å². The average molecular weight is 373 g/mol. The smallest absolute Gasteiger partial charge is 0.245 e. The summed E-state index contributed by atoms with van der Waals surface area (Å²) in [7, 11) is 0. The van der Waals surface area contributed by atoms with Gasteiger partial charge in [-0.25, -0.2) is 4.68 Å². The molecule has 0 spiro atoms. The number of hydrogen-bond acceptors (Lipinski definition) is 3. The van der Waals surface area contributed by atoms with Gasteiger partial charge in [0.1, 0.15) is 0 Å². The van der Waals surface area contributed by atoms with Gasteiger partial charge >= 0.3 is 0 Å². The molecule has 2 heterocycles. The SMILES string of the molecule is C=CC(=O)N1CCC(C(=O)Nc2cnn(-c3ccc(Cl)cc3)c2C)CC1. The Morgan fingerprint density at radius 1 is 1.27 bits per heavy atom. The highest BCUT2D eigenvalue weighted by Crippen LogP contribution is 2.23. The van der Waals surface area contributed by atoms with Crippen LogP contribution in [-0.4, -0.2) is 39.6 Å². The molecule has 1 aromatic carbocycles. The summed E-state index contributed by atoms with van der Waals surface area (Å²) in [6.07, 6.45) is 4.26. The zero-order valence-corrected chi connectivity index (χ0v) is 15.4. The molecule has 6 nitrogen and oxygen atoms in total. The van der Waals surface area contributed by atoms with Crippen molar-refractivity contribution in [1.29, 1.82) is 0 Å². The summed E-state index contributed by atoms with van der Waals surface area (Å²) in [6.45, 7) is 6.56. The van der Waals surface area contributed by atoms with Gasteiger partial charge in [-0.1, -0.05) is 18.2 Å². The Bertz CT molecular complexity index is 821. The first-order chi connectivity index (χ1) is 12.5. The molecule has 136 valence electrons. The Kier molecular flexibility index (Phi) is 5.42. The number of piperidine rings is 1. The number of nitrogens with one attached hydrogen (secondary N) is 1. The lowest BCUT2D eigenvalue weighted by molar-refractivity contribution is -0.130. The van der Waals surface area contributed by atoms with Gasteiger partial charge in [-0.2, -0.15) is 5.10 Å². The van der Waals surface area contributed by atoms with Gasteiger partial charge in [0.25, 0.3) is 0 Å². The third-order valence-corrected chi connectivity index (χ3v) is 4.94. The van der Waals surface area contributed by atoms with Gasteiger partial charge in [0.2, 0.25) is 11.8 Å². The first kappa shape index (κ1) is 18.2. The van der Waals surface area contributed by atoms with Crippen molar-refractivity contribution in [3.05, 3.63) is 53.8 Å². The van der Waals surface area contributed by atoms with Crippen LogP contribution < -0.4 is 5.32 Å². The number of carbonyl (C=O) groups is 2. The molecule has 2 amide bonds. The number of halogens is 1. The maximum absolute atomic E-state index is 12.6. The minimum atomic E-state index is -0.109. The van der Waals surface area contributed by atoms with E-state index in [4.69, 9.17) is 11.6 Å². The summed E-state index contributed by atoms with van der Waals surface area (Å²) in [6, 6.07) is 7.35. The molecule has 0 bridgehead atoms. The fraction of sp³-hybridized carbons (Fsp3) is 0.316. The van der Waals surface area contributed by atoms with Crippen molar-refractivity contribution in [2.24, 2.45) is 5.92 Å². The van der Waals surface area contributed by atoms with Crippen LogP contribution in [0, 0.1) is 12.8 Å². The summed E-state index contributed by atoms with van der Waals surface area (Å²) in [5.74, 6) is -0.222. The van der Waals surface area contributed by atoms with Gasteiger partial charge in [0, 0.05) is 24.0 Å².